The SMILES string of the molecule is O=C(CCCO)NC1CCS(=O)(=O)CC1. The van der Waals surface area contributed by atoms with Gasteiger partial charge >= 0.3 is 0 Å². The first-order valence-electron chi connectivity index (χ1n) is 5.14. The van der Waals surface area contributed by atoms with E-state index in [1.807, 2.05) is 0 Å². The molecule has 0 aromatic heterocycles. The maximum atomic E-state index is 11.3. The molecule has 88 valence electrons. The number of aliphatic hydroxyl groups is 1. The summed E-state index contributed by atoms with van der Waals surface area (Å²) >= 11 is 0. The fourth-order valence-corrected chi connectivity index (χ4v) is 3.07. The predicted molar refractivity (Wildman–Crippen MR) is 56.1 cm³/mol. The molecular formula is C9H17NO4S. The van der Waals surface area contributed by atoms with E-state index in [4.69, 9.17) is 5.11 Å². The number of carbonyl (C=O) groups is 1. The monoisotopic (exact) mass is 235 g/mol. The predicted octanol–water partition coefficient (Wildman–Crippen LogP) is -0.548. The lowest BCUT2D eigenvalue weighted by atomic mass is 10.1. The zero-order valence-electron chi connectivity index (χ0n) is 8.61. The maximum absolute atomic E-state index is 11.3. The number of amides is 1. The lowest BCUT2D eigenvalue weighted by molar-refractivity contribution is -0.122. The molecule has 5 nitrogen and oxygen atoms in total. The van der Waals surface area contributed by atoms with Crippen LogP contribution in [0.25, 0.3) is 0 Å². The van der Waals surface area contributed by atoms with Crippen LogP contribution in [0.3, 0.4) is 0 Å². The second-order valence-electron chi connectivity index (χ2n) is 3.82. The van der Waals surface area contributed by atoms with Crippen LogP contribution in [-0.4, -0.2) is 43.6 Å². The fourth-order valence-electron chi connectivity index (χ4n) is 1.57. The molecule has 0 unspecified atom stereocenters. The average Bonchev–Trinajstić information content (AvgIpc) is 2.18. The standard InChI is InChI=1S/C9H17NO4S/c11-5-1-2-9(12)10-8-3-6-15(13,14)7-4-8/h8,11H,1-7H2,(H,10,12). The smallest absolute Gasteiger partial charge is 0.220 e. The van der Waals surface area contributed by atoms with Crippen LogP contribution in [-0.2, 0) is 14.6 Å². The van der Waals surface area contributed by atoms with Gasteiger partial charge in [0.1, 0.15) is 9.84 Å². The molecule has 0 saturated carbocycles. The van der Waals surface area contributed by atoms with E-state index in [9.17, 15) is 13.2 Å². The highest BCUT2D eigenvalue weighted by atomic mass is 32.2. The van der Waals surface area contributed by atoms with Gasteiger partial charge in [-0.3, -0.25) is 4.79 Å². The normalized spacial score (nSPS) is 21.1. The summed E-state index contributed by atoms with van der Waals surface area (Å²) in [6.45, 7) is 0.00641. The van der Waals surface area contributed by atoms with E-state index in [2.05, 4.69) is 5.32 Å². The molecule has 0 aromatic rings. The van der Waals surface area contributed by atoms with Gasteiger partial charge in [-0.15, -0.1) is 0 Å². The Morgan fingerprint density at radius 3 is 2.47 bits per heavy atom. The molecule has 0 aliphatic carbocycles. The topological polar surface area (TPSA) is 83.5 Å². The van der Waals surface area contributed by atoms with Crippen LogP contribution in [0.4, 0.5) is 0 Å². The van der Waals surface area contributed by atoms with E-state index >= 15 is 0 Å². The lowest BCUT2D eigenvalue weighted by Gasteiger charge is -2.22. The van der Waals surface area contributed by atoms with Crippen molar-refractivity contribution in [3.8, 4) is 0 Å². The Kier molecular flexibility index (Phi) is 4.53. The van der Waals surface area contributed by atoms with Gasteiger partial charge in [0, 0.05) is 19.1 Å². The van der Waals surface area contributed by atoms with Gasteiger partial charge in [0.25, 0.3) is 0 Å². The molecule has 2 N–H and O–H groups in total. The highest BCUT2D eigenvalue weighted by molar-refractivity contribution is 7.91. The van der Waals surface area contributed by atoms with Crippen molar-refractivity contribution in [3.63, 3.8) is 0 Å². The van der Waals surface area contributed by atoms with E-state index in [0.29, 0.717) is 25.7 Å². The van der Waals surface area contributed by atoms with Crippen LogP contribution < -0.4 is 5.32 Å². The summed E-state index contributed by atoms with van der Waals surface area (Å²) in [7, 11) is -2.86. The Hall–Kier alpha value is -0.620. The van der Waals surface area contributed by atoms with Gasteiger partial charge in [0.05, 0.1) is 11.5 Å². The summed E-state index contributed by atoms with van der Waals surface area (Å²) in [6.07, 6.45) is 1.77. The van der Waals surface area contributed by atoms with Crippen LogP contribution in [0, 0.1) is 0 Å². The zero-order chi connectivity index (χ0) is 11.3. The first-order chi connectivity index (χ1) is 7.03. The summed E-state index contributed by atoms with van der Waals surface area (Å²) in [6, 6.07) is -0.0142. The highest BCUT2D eigenvalue weighted by Crippen LogP contribution is 2.12. The van der Waals surface area contributed by atoms with Gasteiger partial charge in [-0.2, -0.15) is 0 Å². The van der Waals surface area contributed by atoms with E-state index in [0.717, 1.165) is 0 Å². The molecule has 6 heteroatoms. The molecule has 0 bridgehead atoms. The van der Waals surface area contributed by atoms with Crippen molar-refractivity contribution in [1.29, 1.82) is 0 Å². The van der Waals surface area contributed by atoms with Crippen molar-refractivity contribution in [3.05, 3.63) is 0 Å². The Labute approximate surface area is 89.8 Å². The number of carbonyl (C=O) groups excluding carboxylic acids is 1. The van der Waals surface area contributed by atoms with Crippen LogP contribution >= 0.6 is 0 Å². The summed E-state index contributed by atoms with van der Waals surface area (Å²) < 4.78 is 22.2. The van der Waals surface area contributed by atoms with Gasteiger partial charge < -0.3 is 10.4 Å². The van der Waals surface area contributed by atoms with Crippen LogP contribution in [0.15, 0.2) is 0 Å². The zero-order valence-corrected chi connectivity index (χ0v) is 9.42. The van der Waals surface area contributed by atoms with E-state index in [-0.39, 0.29) is 30.1 Å². The van der Waals surface area contributed by atoms with Crippen LogP contribution in [0.5, 0.6) is 0 Å². The number of nitrogens with one attached hydrogen (secondary N) is 1. The van der Waals surface area contributed by atoms with Crippen molar-refractivity contribution in [2.24, 2.45) is 0 Å². The molecule has 0 spiro atoms. The summed E-state index contributed by atoms with van der Waals surface area (Å²) in [4.78, 5) is 11.3. The summed E-state index contributed by atoms with van der Waals surface area (Å²) in [5.74, 6) is 0.226. The molecule has 1 saturated heterocycles. The lowest BCUT2D eigenvalue weighted by Crippen LogP contribution is -2.40. The molecule has 1 heterocycles. The second-order valence-corrected chi connectivity index (χ2v) is 6.12. The molecule has 0 atom stereocenters. The maximum Gasteiger partial charge on any atom is 0.220 e. The Bertz CT molecular complexity index is 298. The van der Waals surface area contributed by atoms with E-state index in [1.54, 1.807) is 0 Å². The molecule has 1 aliphatic heterocycles. The van der Waals surface area contributed by atoms with Crippen molar-refractivity contribution < 1.29 is 18.3 Å². The van der Waals surface area contributed by atoms with E-state index in [1.165, 1.54) is 0 Å². The quantitative estimate of drug-likeness (QED) is 0.685. The van der Waals surface area contributed by atoms with Gasteiger partial charge in [-0.05, 0) is 19.3 Å². The third kappa shape index (κ3) is 4.61. The highest BCUT2D eigenvalue weighted by Gasteiger charge is 2.24. The van der Waals surface area contributed by atoms with Crippen molar-refractivity contribution in [1.82, 2.24) is 5.32 Å². The number of hydrogen-bond donors (Lipinski definition) is 2. The largest absolute Gasteiger partial charge is 0.396 e. The molecular weight excluding hydrogens is 218 g/mol. The molecule has 1 amide bonds. The minimum Gasteiger partial charge on any atom is -0.396 e. The van der Waals surface area contributed by atoms with Crippen molar-refractivity contribution in [2.45, 2.75) is 31.7 Å². The van der Waals surface area contributed by atoms with Crippen LogP contribution in [0.1, 0.15) is 25.7 Å². The number of rotatable bonds is 4. The second kappa shape index (κ2) is 5.46. The van der Waals surface area contributed by atoms with Gasteiger partial charge in [-0.25, -0.2) is 8.42 Å². The van der Waals surface area contributed by atoms with Gasteiger partial charge in [0.15, 0.2) is 0 Å². The Morgan fingerprint density at radius 2 is 1.93 bits per heavy atom. The summed E-state index contributed by atoms with van der Waals surface area (Å²) in [5, 5.41) is 11.3. The molecule has 1 rings (SSSR count). The molecule has 1 fully saturated rings. The number of aliphatic hydroxyl groups excluding tert-OH is 1. The van der Waals surface area contributed by atoms with Crippen LogP contribution in [0.2, 0.25) is 0 Å². The minimum absolute atomic E-state index is 0.00641. The van der Waals surface area contributed by atoms with Crippen molar-refractivity contribution in [2.75, 3.05) is 18.1 Å². The first kappa shape index (κ1) is 12.4. The van der Waals surface area contributed by atoms with E-state index < -0.39 is 9.84 Å². The van der Waals surface area contributed by atoms with Crippen molar-refractivity contribution >= 4 is 15.7 Å². The number of sulfone groups is 1. The fraction of sp³-hybridized carbons (Fsp3) is 0.889. The van der Waals surface area contributed by atoms with Gasteiger partial charge in [-0.1, -0.05) is 0 Å². The first-order valence-corrected chi connectivity index (χ1v) is 6.96. The third-order valence-corrected chi connectivity index (χ3v) is 4.20. The molecule has 0 radical (unpaired) electrons. The third-order valence-electron chi connectivity index (χ3n) is 2.48. The molecule has 1 aliphatic rings. The summed E-state index contributed by atoms with van der Waals surface area (Å²) in [5.41, 5.74) is 0. The molecule has 0 aromatic carbocycles. The van der Waals surface area contributed by atoms with Gasteiger partial charge in [0.2, 0.25) is 5.91 Å². The number of hydrogen-bond acceptors (Lipinski definition) is 4. The minimum atomic E-state index is -2.86. The average molecular weight is 235 g/mol. The Morgan fingerprint density at radius 1 is 1.33 bits per heavy atom. The Balaban J connectivity index is 2.26. The molecule has 15 heavy (non-hydrogen) atoms.